The first-order valence-corrected chi connectivity index (χ1v) is 12.8. The number of benzene rings is 1. The van der Waals surface area contributed by atoms with Crippen LogP contribution in [-0.4, -0.2) is 78.4 Å². The van der Waals surface area contributed by atoms with Gasteiger partial charge in [-0.2, -0.15) is 13.2 Å². The molecule has 1 aliphatic rings. The van der Waals surface area contributed by atoms with Crippen molar-refractivity contribution >= 4 is 28.4 Å². The number of fused-ring (bicyclic) bond motifs is 1. The summed E-state index contributed by atoms with van der Waals surface area (Å²) in [6, 6.07) is 6.19. The molecule has 1 saturated heterocycles. The van der Waals surface area contributed by atoms with Gasteiger partial charge >= 0.3 is 6.18 Å². The molecule has 210 valence electrons. The highest BCUT2D eigenvalue weighted by Crippen LogP contribution is 2.29. The van der Waals surface area contributed by atoms with Gasteiger partial charge < -0.3 is 19.5 Å². The van der Waals surface area contributed by atoms with Crippen LogP contribution in [0.1, 0.15) is 41.1 Å². The summed E-state index contributed by atoms with van der Waals surface area (Å²) < 4.78 is 55.4. The van der Waals surface area contributed by atoms with Gasteiger partial charge in [0.25, 0.3) is 5.91 Å². The van der Waals surface area contributed by atoms with E-state index in [1.165, 1.54) is 0 Å². The fourth-order valence-corrected chi connectivity index (χ4v) is 4.53. The van der Waals surface area contributed by atoms with Gasteiger partial charge in [0.2, 0.25) is 11.7 Å². The standard InChI is InChI=1S/C26H29ClF3N5O4/c1-3-17(37-2)15-39-22-7-4-18-20(34-22)6-5-19(27)23(18)24(36)31-14-21(35-8-10-38-11-9-35)16-12-32-25(33-13-16)26(28,29)30/h4-7,12-13,17,21H,3,8-11,14-15H2,1-2H3,(H,31,36). The van der Waals surface area contributed by atoms with Crippen molar-refractivity contribution in [1.82, 2.24) is 25.2 Å². The number of amides is 1. The van der Waals surface area contributed by atoms with E-state index >= 15 is 0 Å². The van der Waals surface area contributed by atoms with E-state index in [4.69, 9.17) is 25.8 Å². The third-order valence-corrected chi connectivity index (χ3v) is 6.80. The van der Waals surface area contributed by atoms with Gasteiger partial charge in [-0.25, -0.2) is 15.0 Å². The Balaban J connectivity index is 1.54. The predicted molar refractivity (Wildman–Crippen MR) is 138 cm³/mol. The molecule has 0 aliphatic carbocycles. The summed E-state index contributed by atoms with van der Waals surface area (Å²) in [4.78, 5) is 26.9. The number of nitrogens with one attached hydrogen (secondary N) is 1. The Morgan fingerprint density at radius 1 is 1.18 bits per heavy atom. The van der Waals surface area contributed by atoms with Gasteiger partial charge in [-0.3, -0.25) is 9.69 Å². The van der Waals surface area contributed by atoms with Gasteiger partial charge in [0.1, 0.15) is 6.61 Å². The molecule has 3 aromatic rings. The minimum absolute atomic E-state index is 0.0662. The summed E-state index contributed by atoms with van der Waals surface area (Å²) in [5.41, 5.74) is 1.20. The molecular weight excluding hydrogens is 539 g/mol. The maximum absolute atomic E-state index is 13.4. The summed E-state index contributed by atoms with van der Waals surface area (Å²) in [5, 5.41) is 3.66. The Kier molecular flexibility index (Phi) is 9.54. The normalized spacial score (nSPS) is 16.2. The summed E-state index contributed by atoms with van der Waals surface area (Å²) in [5.74, 6) is -1.28. The van der Waals surface area contributed by atoms with E-state index in [0.29, 0.717) is 55.3 Å². The molecule has 2 unspecified atom stereocenters. The maximum atomic E-state index is 13.4. The van der Waals surface area contributed by atoms with Crippen molar-refractivity contribution < 1.29 is 32.2 Å². The molecule has 39 heavy (non-hydrogen) atoms. The number of methoxy groups -OCH3 is 1. The molecule has 2 aromatic heterocycles. The minimum Gasteiger partial charge on any atom is -0.475 e. The smallest absolute Gasteiger partial charge is 0.451 e. The van der Waals surface area contributed by atoms with Crippen LogP contribution in [0, 0.1) is 0 Å². The molecule has 1 fully saturated rings. The van der Waals surface area contributed by atoms with Gasteiger partial charge in [0.05, 0.1) is 41.5 Å². The fraction of sp³-hybridized carbons (Fsp3) is 0.462. The molecule has 0 bridgehead atoms. The van der Waals surface area contributed by atoms with Crippen molar-refractivity contribution in [2.75, 3.05) is 46.6 Å². The van der Waals surface area contributed by atoms with Gasteiger partial charge in [0, 0.05) is 56.2 Å². The van der Waals surface area contributed by atoms with Gasteiger partial charge in [-0.15, -0.1) is 0 Å². The molecule has 13 heteroatoms. The van der Waals surface area contributed by atoms with Crippen LogP contribution in [0.4, 0.5) is 13.2 Å². The number of carbonyl (C=O) groups is 1. The SMILES string of the molecule is CCC(COc1ccc2c(C(=O)NCC(c3cnc(C(F)(F)F)nc3)N3CCOCC3)c(Cl)ccc2n1)OC. The van der Waals surface area contributed by atoms with Crippen LogP contribution in [0.5, 0.6) is 5.88 Å². The maximum Gasteiger partial charge on any atom is 0.451 e. The first-order valence-electron chi connectivity index (χ1n) is 12.4. The number of carbonyl (C=O) groups excluding carboxylic acids is 1. The number of aromatic nitrogens is 3. The molecule has 9 nitrogen and oxygen atoms in total. The molecule has 0 spiro atoms. The highest BCUT2D eigenvalue weighted by Gasteiger charge is 2.35. The highest BCUT2D eigenvalue weighted by molar-refractivity contribution is 6.35. The zero-order valence-electron chi connectivity index (χ0n) is 21.5. The lowest BCUT2D eigenvalue weighted by molar-refractivity contribution is -0.145. The zero-order chi connectivity index (χ0) is 28.0. The second-order valence-corrected chi connectivity index (χ2v) is 9.33. The van der Waals surface area contributed by atoms with Crippen molar-refractivity contribution in [3.8, 4) is 5.88 Å². The number of hydrogen-bond donors (Lipinski definition) is 1. The first kappa shape index (κ1) is 28.9. The molecular formula is C26H29ClF3N5O4. The fourth-order valence-electron chi connectivity index (χ4n) is 4.28. The van der Waals surface area contributed by atoms with Crippen molar-refractivity contribution in [3.63, 3.8) is 0 Å². The lowest BCUT2D eigenvalue weighted by Gasteiger charge is -2.34. The lowest BCUT2D eigenvalue weighted by atomic mass is 10.1. The first-order chi connectivity index (χ1) is 18.7. The van der Waals surface area contributed by atoms with Crippen LogP contribution in [0.3, 0.4) is 0 Å². The topological polar surface area (TPSA) is 98.7 Å². The Morgan fingerprint density at radius 2 is 1.90 bits per heavy atom. The average Bonchev–Trinajstić information content (AvgIpc) is 2.94. The molecule has 0 saturated carbocycles. The number of pyridine rings is 1. The van der Waals surface area contributed by atoms with Crippen LogP contribution in [0.15, 0.2) is 36.7 Å². The molecule has 1 amide bonds. The van der Waals surface area contributed by atoms with Crippen molar-refractivity contribution in [3.05, 3.63) is 58.6 Å². The van der Waals surface area contributed by atoms with E-state index in [1.54, 1.807) is 31.4 Å². The molecule has 1 aromatic carbocycles. The Hall–Kier alpha value is -3.06. The lowest BCUT2D eigenvalue weighted by Crippen LogP contribution is -2.44. The Bertz CT molecular complexity index is 1270. The summed E-state index contributed by atoms with van der Waals surface area (Å²) >= 11 is 6.43. The Morgan fingerprint density at radius 3 is 2.54 bits per heavy atom. The predicted octanol–water partition coefficient (Wildman–Crippen LogP) is 4.30. The van der Waals surface area contributed by atoms with Crippen molar-refractivity contribution in [1.29, 1.82) is 0 Å². The summed E-state index contributed by atoms with van der Waals surface area (Å²) in [7, 11) is 1.62. The van der Waals surface area contributed by atoms with Crippen LogP contribution in [0.2, 0.25) is 5.02 Å². The van der Waals surface area contributed by atoms with E-state index in [9.17, 15) is 18.0 Å². The molecule has 2 atom stereocenters. The number of ether oxygens (including phenoxy) is 3. The van der Waals surface area contributed by atoms with Crippen LogP contribution >= 0.6 is 11.6 Å². The number of halogens is 4. The third-order valence-electron chi connectivity index (χ3n) is 6.48. The second kappa shape index (κ2) is 12.9. The molecule has 4 rings (SSSR count). The zero-order valence-corrected chi connectivity index (χ0v) is 22.3. The van der Waals surface area contributed by atoms with E-state index < -0.39 is 23.9 Å². The molecule has 0 radical (unpaired) electrons. The second-order valence-electron chi connectivity index (χ2n) is 8.93. The van der Waals surface area contributed by atoms with Crippen molar-refractivity contribution in [2.45, 2.75) is 31.7 Å². The number of morpholine rings is 1. The molecule has 1 aliphatic heterocycles. The van der Waals surface area contributed by atoms with Gasteiger partial charge in [0.15, 0.2) is 0 Å². The monoisotopic (exact) mass is 567 g/mol. The molecule has 1 N–H and O–H groups in total. The minimum atomic E-state index is -4.65. The summed E-state index contributed by atoms with van der Waals surface area (Å²) in [6.45, 7) is 4.40. The number of hydrogen-bond acceptors (Lipinski definition) is 8. The Labute approximate surface area is 228 Å². The third kappa shape index (κ3) is 7.13. The quantitative estimate of drug-likeness (QED) is 0.387. The van der Waals surface area contributed by atoms with Crippen LogP contribution in [-0.2, 0) is 15.7 Å². The van der Waals surface area contributed by atoms with E-state index in [1.807, 2.05) is 11.8 Å². The van der Waals surface area contributed by atoms with E-state index in [-0.39, 0.29) is 23.2 Å². The largest absolute Gasteiger partial charge is 0.475 e. The van der Waals surface area contributed by atoms with Gasteiger partial charge in [-0.1, -0.05) is 18.5 Å². The van der Waals surface area contributed by atoms with Gasteiger partial charge in [-0.05, 0) is 24.6 Å². The van der Waals surface area contributed by atoms with Crippen molar-refractivity contribution in [2.24, 2.45) is 0 Å². The number of nitrogens with zero attached hydrogens (tertiary/aromatic N) is 4. The van der Waals surface area contributed by atoms with Crippen LogP contribution in [0.25, 0.3) is 10.9 Å². The highest BCUT2D eigenvalue weighted by atomic mass is 35.5. The summed E-state index contributed by atoms with van der Waals surface area (Å²) in [6.07, 6.45) is -1.64. The molecule has 3 heterocycles. The van der Waals surface area contributed by atoms with E-state index in [2.05, 4.69) is 20.3 Å². The van der Waals surface area contributed by atoms with E-state index in [0.717, 1.165) is 18.8 Å². The number of alkyl halides is 3. The average molecular weight is 568 g/mol. The number of rotatable bonds is 10. The van der Waals surface area contributed by atoms with Crippen LogP contribution < -0.4 is 10.1 Å².